The molecule has 0 aromatic heterocycles. The Balaban J connectivity index is 2.62. The van der Waals surface area contributed by atoms with Crippen LogP contribution in [0.4, 0.5) is 0 Å². The second-order valence-corrected chi connectivity index (χ2v) is 3.62. The van der Waals surface area contributed by atoms with Crippen molar-refractivity contribution in [2.75, 3.05) is 6.54 Å². The first-order valence-corrected chi connectivity index (χ1v) is 5.52. The standard InChI is InChI=1S/C13H16N2O/c1-2-3-9-15-13(16)12(10-14)11-7-5-4-6-8-11/h4-8,12H,2-3,9H2,1H3,(H,15,16). The van der Waals surface area contributed by atoms with E-state index in [4.69, 9.17) is 5.26 Å². The molecule has 1 N–H and O–H groups in total. The number of hydrogen-bond donors (Lipinski definition) is 1. The first kappa shape index (κ1) is 12.3. The Labute approximate surface area is 96.1 Å². The van der Waals surface area contributed by atoms with E-state index in [-0.39, 0.29) is 5.91 Å². The molecule has 1 unspecified atom stereocenters. The predicted octanol–water partition coefficient (Wildman–Crippen LogP) is 2.21. The molecule has 3 heteroatoms. The van der Waals surface area contributed by atoms with Crippen molar-refractivity contribution in [3.05, 3.63) is 35.9 Å². The number of carbonyl (C=O) groups excluding carboxylic acids is 1. The lowest BCUT2D eigenvalue weighted by Gasteiger charge is -2.09. The second-order valence-electron chi connectivity index (χ2n) is 3.62. The first-order chi connectivity index (χ1) is 7.79. The molecule has 3 nitrogen and oxygen atoms in total. The lowest BCUT2D eigenvalue weighted by atomic mass is 10.00. The molecule has 0 radical (unpaired) electrons. The van der Waals surface area contributed by atoms with Gasteiger partial charge in [0.1, 0.15) is 5.92 Å². The fourth-order valence-corrected chi connectivity index (χ4v) is 1.42. The molecule has 0 aliphatic heterocycles. The summed E-state index contributed by atoms with van der Waals surface area (Å²) in [5.41, 5.74) is 0.749. The Morgan fingerprint density at radius 1 is 1.44 bits per heavy atom. The zero-order chi connectivity index (χ0) is 11.8. The molecule has 0 spiro atoms. The summed E-state index contributed by atoms with van der Waals surface area (Å²) >= 11 is 0. The van der Waals surface area contributed by atoms with Crippen LogP contribution in [0, 0.1) is 11.3 Å². The van der Waals surface area contributed by atoms with Crippen molar-refractivity contribution in [3.8, 4) is 6.07 Å². The lowest BCUT2D eigenvalue weighted by Crippen LogP contribution is -2.29. The van der Waals surface area contributed by atoms with E-state index in [0.29, 0.717) is 6.54 Å². The third kappa shape index (κ3) is 3.39. The summed E-state index contributed by atoms with van der Waals surface area (Å²) in [5, 5.41) is 11.8. The molecule has 0 aliphatic rings. The van der Waals surface area contributed by atoms with Gasteiger partial charge in [-0.05, 0) is 12.0 Å². The van der Waals surface area contributed by atoms with E-state index in [1.807, 2.05) is 24.3 Å². The molecule has 1 aromatic carbocycles. The summed E-state index contributed by atoms with van der Waals surface area (Å²) < 4.78 is 0. The number of amides is 1. The third-order valence-corrected chi connectivity index (χ3v) is 2.35. The highest BCUT2D eigenvalue weighted by Crippen LogP contribution is 2.14. The monoisotopic (exact) mass is 216 g/mol. The molecule has 84 valence electrons. The van der Waals surface area contributed by atoms with Gasteiger partial charge in [-0.3, -0.25) is 4.79 Å². The van der Waals surface area contributed by atoms with Gasteiger partial charge in [0, 0.05) is 6.54 Å². The highest BCUT2D eigenvalue weighted by molar-refractivity contribution is 5.86. The molecule has 1 atom stereocenters. The van der Waals surface area contributed by atoms with E-state index in [0.717, 1.165) is 18.4 Å². The molecular weight excluding hydrogens is 200 g/mol. The topological polar surface area (TPSA) is 52.9 Å². The van der Waals surface area contributed by atoms with Crippen LogP contribution < -0.4 is 5.32 Å². The van der Waals surface area contributed by atoms with Crippen LogP contribution in [0.25, 0.3) is 0 Å². The van der Waals surface area contributed by atoms with Crippen molar-refractivity contribution in [1.82, 2.24) is 5.32 Å². The van der Waals surface area contributed by atoms with Crippen molar-refractivity contribution < 1.29 is 4.79 Å². The van der Waals surface area contributed by atoms with Crippen LogP contribution in [-0.4, -0.2) is 12.5 Å². The van der Waals surface area contributed by atoms with Gasteiger partial charge in [-0.2, -0.15) is 5.26 Å². The second kappa shape index (κ2) is 6.62. The lowest BCUT2D eigenvalue weighted by molar-refractivity contribution is -0.121. The fraction of sp³-hybridized carbons (Fsp3) is 0.385. The minimum Gasteiger partial charge on any atom is -0.355 e. The number of benzene rings is 1. The Morgan fingerprint density at radius 2 is 2.12 bits per heavy atom. The van der Waals surface area contributed by atoms with Crippen molar-refractivity contribution in [1.29, 1.82) is 5.26 Å². The van der Waals surface area contributed by atoms with Gasteiger partial charge in [-0.25, -0.2) is 0 Å². The van der Waals surface area contributed by atoms with Crippen LogP contribution in [0.1, 0.15) is 31.2 Å². The average Bonchev–Trinajstić information content (AvgIpc) is 2.32. The predicted molar refractivity (Wildman–Crippen MR) is 62.7 cm³/mol. The van der Waals surface area contributed by atoms with E-state index >= 15 is 0 Å². The number of nitrogens with one attached hydrogen (secondary N) is 1. The van der Waals surface area contributed by atoms with Crippen molar-refractivity contribution in [2.24, 2.45) is 0 Å². The summed E-state index contributed by atoms with van der Waals surface area (Å²) in [7, 11) is 0. The van der Waals surface area contributed by atoms with Gasteiger partial charge in [0.25, 0.3) is 0 Å². The van der Waals surface area contributed by atoms with E-state index in [9.17, 15) is 4.79 Å². The molecule has 0 bridgehead atoms. The fourth-order valence-electron chi connectivity index (χ4n) is 1.42. The van der Waals surface area contributed by atoms with Crippen molar-refractivity contribution >= 4 is 5.91 Å². The Bertz CT molecular complexity index is 367. The maximum Gasteiger partial charge on any atom is 0.241 e. The number of rotatable bonds is 5. The van der Waals surface area contributed by atoms with Crippen LogP contribution in [0.5, 0.6) is 0 Å². The first-order valence-electron chi connectivity index (χ1n) is 5.52. The summed E-state index contributed by atoms with van der Waals surface area (Å²) in [4.78, 5) is 11.7. The van der Waals surface area contributed by atoms with E-state index in [1.165, 1.54) is 0 Å². The number of hydrogen-bond acceptors (Lipinski definition) is 2. The summed E-state index contributed by atoms with van der Waals surface area (Å²) in [6, 6.07) is 11.2. The Morgan fingerprint density at radius 3 is 2.69 bits per heavy atom. The summed E-state index contributed by atoms with van der Waals surface area (Å²) in [6.45, 7) is 2.70. The third-order valence-electron chi connectivity index (χ3n) is 2.35. The van der Waals surface area contributed by atoms with E-state index < -0.39 is 5.92 Å². The molecule has 0 fully saturated rings. The van der Waals surface area contributed by atoms with Crippen LogP contribution in [0.2, 0.25) is 0 Å². The highest BCUT2D eigenvalue weighted by Gasteiger charge is 2.18. The number of nitriles is 1. The maximum atomic E-state index is 11.7. The molecule has 0 aliphatic carbocycles. The maximum absolute atomic E-state index is 11.7. The van der Waals surface area contributed by atoms with Gasteiger partial charge in [-0.1, -0.05) is 43.7 Å². The molecule has 0 saturated carbocycles. The minimum atomic E-state index is -0.696. The minimum absolute atomic E-state index is 0.206. The van der Waals surface area contributed by atoms with Gasteiger partial charge in [-0.15, -0.1) is 0 Å². The van der Waals surface area contributed by atoms with E-state index in [2.05, 4.69) is 12.2 Å². The van der Waals surface area contributed by atoms with Crippen molar-refractivity contribution in [3.63, 3.8) is 0 Å². The average molecular weight is 216 g/mol. The number of nitrogens with zero attached hydrogens (tertiary/aromatic N) is 1. The van der Waals surface area contributed by atoms with Crippen LogP contribution in [0.15, 0.2) is 30.3 Å². The van der Waals surface area contributed by atoms with Gasteiger partial charge >= 0.3 is 0 Å². The highest BCUT2D eigenvalue weighted by atomic mass is 16.1. The number of carbonyl (C=O) groups is 1. The zero-order valence-electron chi connectivity index (χ0n) is 9.44. The molecule has 0 heterocycles. The summed E-state index contributed by atoms with van der Waals surface area (Å²) in [5.74, 6) is -0.903. The quantitative estimate of drug-likeness (QED) is 0.767. The zero-order valence-corrected chi connectivity index (χ0v) is 9.44. The molecule has 0 saturated heterocycles. The molecular formula is C13H16N2O. The van der Waals surface area contributed by atoms with Gasteiger partial charge < -0.3 is 5.32 Å². The van der Waals surface area contributed by atoms with Gasteiger partial charge in [0.05, 0.1) is 6.07 Å². The van der Waals surface area contributed by atoms with E-state index in [1.54, 1.807) is 12.1 Å². The number of unbranched alkanes of at least 4 members (excludes halogenated alkanes) is 1. The van der Waals surface area contributed by atoms with Crippen LogP contribution in [0.3, 0.4) is 0 Å². The smallest absolute Gasteiger partial charge is 0.241 e. The van der Waals surface area contributed by atoms with Crippen LogP contribution >= 0.6 is 0 Å². The Kier molecular flexibility index (Phi) is 5.07. The largest absolute Gasteiger partial charge is 0.355 e. The molecule has 1 amide bonds. The summed E-state index contributed by atoms with van der Waals surface area (Å²) in [6.07, 6.45) is 1.97. The van der Waals surface area contributed by atoms with Gasteiger partial charge in [0.2, 0.25) is 5.91 Å². The molecule has 16 heavy (non-hydrogen) atoms. The normalized spacial score (nSPS) is 11.5. The molecule has 1 rings (SSSR count). The Hall–Kier alpha value is -1.82. The van der Waals surface area contributed by atoms with Crippen molar-refractivity contribution in [2.45, 2.75) is 25.7 Å². The van der Waals surface area contributed by atoms with Gasteiger partial charge in [0.15, 0.2) is 0 Å². The molecule has 1 aromatic rings. The SMILES string of the molecule is CCCCNC(=O)C(C#N)c1ccccc1. The van der Waals surface area contributed by atoms with Crippen LogP contribution in [-0.2, 0) is 4.79 Å².